The van der Waals surface area contributed by atoms with Crippen LogP contribution < -0.4 is 0 Å². The van der Waals surface area contributed by atoms with E-state index in [0.717, 1.165) is 44.6 Å². The lowest BCUT2D eigenvalue weighted by Gasteiger charge is -2.29. The molecule has 2 atom stereocenters. The van der Waals surface area contributed by atoms with Crippen molar-refractivity contribution >= 4 is 5.91 Å². The third-order valence-corrected chi connectivity index (χ3v) is 4.22. The SMILES string of the molecule is C.O=C(c1ccc(F)cc1F)N1CCN2CCCC(C2)C1. The average molecular weight is 296 g/mol. The predicted octanol–water partition coefficient (Wildman–Crippen LogP) is 2.77. The van der Waals surface area contributed by atoms with Crippen LogP contribution in [-0.2, 0) is 0 Å². The van der Waals surface area contributed by atoms with E-state index in [9.17, 15) is 13.6 Å². The molecule has 0 aliphatic carbocycles. The van der Waals surface area contributed by atoms with E-state index < -0.39 is 11.6 Å². The lowest BCUT2D eigenvalue weighted by atomic mass is 9.98. The van der Waals surface area contributed by atoms with Gasteiger partial charge in [0.25, 0.3) is 5.91 Å². The zero-order valence-electron chi connectivity index (χ0n) is 11.3. The van der Waals surface area contributed by atoms with Crippen LogP contribution in [0, 0.1) is 17.6 Å². The van der Waals surface area contributed by atoms with E-state index >= 15 is 0 Å². The molecule has 0 spiro atoms. The molecular formula is C16H22F2N2O. The molecule has 1 aromatic rings. The summed E-state index contributed by atoms with van der Waals surface area (Å²) in [5.74, 6) is -1.28. The van der Waals surface area contributed by atoms with Crippen LogP contribution >= 0.6 is 0 Å². The molecule has 0 N–H and O–H groups in total. The van der Waals surface area contributed by atoms with Gasteiger partial charge < -0.3 is 9.80 Å². The molecule has 2 fully saturated rings. The number of nitrogens with zero attached hydrogens (tertiary/aromatic N) is 2. The van der Waals surface area contributed by atoms with Gasteiger partial charge in [-0.2, -0.15) is 0 Å². The first-order valence-corrected chi connectivity index (χ1v) is 7.10. The normalized spacial score (nSPS) is 25.0. The number of hydrogen-bond acceptors (Lipinski definition) is 2. The minimum Gasteiger partial charge on any atom is -0.337 e. The van der Waals surface area contributed by atoms with Gasteiger partial charge in [-0.05, 0) is 37.4 Å². The summed E-state index contributed by atoms with van der Waals surface area (Å²) in [6, 6.07) is 3.15. The van der Waals surface area contributed by atoms with Gasteiger partial charge in [0.05, 0.1) is 5.56 Å². The van der Waals surface area contributed by atoms with Crippen LogP contribution in [-0.4, -0.2) is 48.4 Å². The van der Waals surface area contributed by atoms with Crippen molar-refractivity contribution in [3.05, 3.63) is 35.4 Å². The summed E-state index contributed by atoms with van der Waals surface area (Å²) in [6.45, 7) is 4.24. The Bertz CT molecular complexity index is 521. The number of piperidine rings is 1. The zero-order valence-corrected chi connectivity index (χ0v) is 11.3. The highest BCUT2D eigenvalue weighted by Gasteiger charge is 2.29. The number of amides is 1. The molecule has 0 saturated carbocycles. The molecule has 5 heteroatoms. The van der Waals surface area contributed by atoms with E-state index in [1.165, 1.54) is 6.07 Å². The molecule has 1 amide bonds. The maximum absolute atomic E-state index is 13.7. The first-order valence-electron chi connectivity index (χ1n) is 7.10. The summed E-state index contributed by atoms with van der Waals surface area (Å²) in [4.78, 5) is 16.5. The van der Waals surface area contributed by atoms with Crippen LogP contribution in [0.1, 0.15) is 30.6 Å². The zero-order chi connectivity index (χ0) is 14.1. The molecule has 2 heterocycles. The number of carbonyl (C=O) groups excluding carboxylic acids is 1. The van der Waals surface area contributed by atoms with Gasteiger partial charge in [0.1, 0.15) is 11.6 Å². The first kappa shape index (κ1) is 15.9. The summed E-state index contributed by atoms with van der Waals surface area (Å²) < 4.78 is 26.7. The Kier molecular flexibility index (Phi) is 4.93. The van der Waals surface area contributed by atoms with Crippen LogP contribution in [0.5, 0.6) is 0 Å². The van der Waals surface area contributed by atoms with Crippen molar-refractivity contribution < 1.29 is 13.6 Å². The molecule has 2 aliphatic rings. The highest BCUT2D eigenvalue weighted by molar-refractivity contribution is 5.94. The second-order valence-electron chi connectivity index (χ2n) is 5.68. The fourth-order valence-electron chi connectivity index (χ4n) is 3.19. The van der Waals surface area contributed by atoms with Crippen molar-refractivity contribution in [2.45, 2.75) is 20.3 Å². The minimum absolute atomic E-state index is 0. The van der Waals surface area contributed by atoms with Gasteiger partial charge in [0.2, 0.25) is 0 Å². The van der Waals surface area contributed by atoms with Gasteiger partial charge in [-0.1, -0.05) is 7.43 Å². The van der Waals surface area contributed by atoms with Crippen LogP contribution in [0.25, 0.3) is 0 Å². The van der Waals surface area contributed by atoms with E-state index in [0.29, 0.717) is 19.0 Å². The molecule has 3 rings (SSSR count). The van der Waals surface area contributed by atoms with Gasteiger partial charge in [0.15, 0.2) is 0 Å². The third kappa shape index (κ3) is 3.40. The topological polar surface area (TPSA) is 23.6 Å². The Morgan fingerprint density at radius 3 is 2.71 bits per heavy atom. The lowest BCUT2D eigenvalue weighted by molar-refractivity contribution is 0.0741. The first-order chi connectivity index (χ1) is 9.63. The summed E-state index contributed by atoms with van der Waals surface area (Å²) in [5.41, 5.74) is -0.0298. The van der Waals surface area contributed by atoms with Crippen LogP contribution in [0.15, 0.2) is 18.2 Å². The molecule has 21 heavy (non-hydrogen) atoms. The van der Waals surface area contributed by atoms with E-state index in [-0.39, 0.29) is 18.9 Å². The Balaban J connectivity index is 0.00000161. The molecule has 0 radical (unpaired) electrons. The molecule has 1 aromatic carbocycles. The summed E-state index contributed by atoms with van der Waals surface area (Å²) >= 11 is 0. The fraction of sp³-hybridized carbons (Fsp3) is 0.562. The van der Waals surface area contributed by atoms with Gasteiger partial charge in [-0.15, -0.1) is 0 Å². The Hall–Kier alpha value is -1.49. The molecule has 2 unspecified atom stereocenters. The number of fused-ring (bicyclic) bond motifs is 2. The van der Waals surface area contributed by atoms with Crippen molar-refractivity contribution in [2.24, 2.45) is 5.92 Å². The van der Waals surface area contributed by atoms with Crippen LogP contribution in [0.4, 0.5) is 8.78 Å². The maximum atomic E-state index is 13.7. The summed E-state index contributed by atoms with van der Waals surface area (Å²) in [5, 5.41) is 0. The van der Waals surface area contributed by atoms with Crippen molar-refractivity contribution in [2.75, 3.05) is 32.7 Å². The Morgan fingerprint density at radius 1 is 1.14 bits per heavy atom. The molecule has 0 aromatic heterocycles. The summed E-state index contributed by atoms with van der Waals surface area (Å²) in [6.07, 6.45) is 2.28. The fourth-order valence-corrected chi connectivity index (χ4v) is 3.19. The Labute approximate surface area is 124 Å². The van der Waals surface area contributed by atoms with Gasteiger partial charge >= 0.3 is 0 Å². The van der Waals surface area contributed by atoms with Gasteiger partial charge in [-0.25, -0.2) is 8.78 Å². The largest absolute Gasteiger partial charge is 0.337 e. The number of halogens is 2. The van der Waals surface area contributed by atoms with Crippen molar-refractivity contribution in [3.8, 4) is 0 Å². The Morgan fingerprint density at radius 2 is 1.95 bits per heavy atom. The predicted molar refractivity (Wildman–Crippen MR) is 78.2 cm³/mol. The van der Waals surface area contributed by atoms with E-state index in [1.54, 1.807) is 4.90 Å². The number of rotatable bonds is 1. The van der Waals surface area contributed by atoms with Crippen LogP contribution in [0.2, 0.25) is 0 Å². The maximum Gasteiger partial charge on any atom is 0.256 e. The quantitative estimate of drug-likeness (QED) is 0.795. The summed E-state index contributed by atoms with van der Waals surface area (Å²) in [7, 11) is 0. The monoisotopic (exact) mass is 296 g/mol. The molecule has 2 aliphatic heterocycles. The number of hydrogen-bond donors (Lipinski definition) is 0. The van der Waals surface area contributed by atoms with Gasteiger partial charge in [-0.3, -0.25) is 4.79 Å². The third-order valence-electron chi connectivity index (χ3n) is 4.22. The highest BCUT2D eigenvalue weighted by atomic mass is 19.1. The molecular weight excluding hydrogens is 274 g/mol. The van der Waals surface area contributed by atoms with Gasteiger partial charge in [0, 0.05) is 32.2 Å². The number of carbonyl (C=O) groups is 1. The van der Waals surface area contributed by atoms with Crippen molar-refractivity contribution in [1.82, 2.24) is 9.80 Å². The van der Waals surface area contributed by atoms with Crippen LogP contribution in [0.3, 0.4) is 0 Å². The number of benzene rings is 1. The van der Waals surface area contributed by atoms with Crippen molar-refractivity contribution in [3.63, 3.8) is 0 Å². The van der Waals surface area contributed by atoms with Crippen molar-refractivity contribution in [1.29, 1.82) is 0 Å². The second-order valence-corrected chi connectivity index (χ2v) is 5.68. The minimum atomic E-state index is -0.775. The molecule has 3 nitrogen and oxygen atoms in total. The van der Waals surface area contributed by atoms with E-state index in [4.69, 9.17) is 0 Å². The average Bonchev–Trinajstić information content (AvgIpc) is 2.56. The van der Waals surface area contributed by atoms with E-state index in [2.05, 4.69) is 4.90 Å². The highest BCUT2D eigenvalue weighted by Crippen LogP contribution is 2.22. The van der Waals surface area contributed by atoms with E-state index in [1.807, 2.05) is 0 Å². The molecule has 2 bridgehead atoms. The second kappa shape index (κ2) is 6.52. The standard InChI is InChI=1S/C15H18F2N2O.CH4/c16-12-3-4-13(14(17)8-12)15(20)19-7-6-18-5-1-2-11(9-18)10-19;/h3-4,8,11H,1-2,5-7,9-10H2;1H4. The smallest absolute Gasteiger partial charge is 0.256 e. The lowest BCUT2D eigenvalue weighted by Crippen LogP contribution is -2.36. The molecule has 116 valence electrons. The molecule has 2 saturated heterocycles.